The Labute approximate surface area is 148 Å². The molecule has 1 saturated heterocycles. The van der Waals surface area contributed by atoms with Crippen molar-refractivity contribution in [1.82, 2.24) is 14.6 Å². The minimum Gasteiger partial charge on any atom is -0.356 e. The van der Waals surface area contributed by atoms with Crippen LogP contribution in [0.25, 0.3) is 5.65 Å². The van der Waals surface area contributed by atoms with Gasteiger partial charge in [-0.15, -0.1) is 5.10 Å². The van der Waals surface area contributed by atoms with E-state index in [-0.39, 0.29) is 11.8 Å². The van der Waals surface area contributed by atoms with Gasteiger partial charge < -0.3 is 4.90 Å². The second-order valence-electron chi connectivity index (χ2n) is 8.48. The summed E-state index contributed by atoms with van der Waals surface area (Å²) in [5.74, 6) is 2.43. The van der Waals surface area contributed by atoms with Crippen LogP contribution in [0.4, 0.5) is 11.8 Å². The maximum absolute atomic E-state index is 12.0. The third-order valence-electron chi connectivity index (χ3n) is 5.57. The first-order chi connectivity index (χ1) is 11.9. The molecule has 2 aromatic heterocycles. The third-order valence-corrected chi connectivity index (χ3v) is 5.57. The fraction of sp³-hybridized carbons (Fsp3) is 0.632. The van der Waals surface area contributed by atoms with Crippen molar-refractivity contribution < 1.29 is 4.79 Å². The zero-order valence-electron chi connectivity index (χ0n) is 15.3. The highest BCUT2D eigenvalue weighted by atomic mass is 16.2. The fourth-order valence-corrected chi connectivity index (χ4v) is 3.72. The Morgan fingerprint density at radius 3 is 2.52 bits per heavy atom. The molecular formula is C19H27N5O. The molecule has 0 radical (unpaired) electrons. The van der Waals surface area contributed by atoms with E-state index in [1.165, 1.54) is 12.8 Å². The van der Waals surface area contributed by atoms with E-state index in [9.17, 15) is 4.79 Å². The molecule has 0 atom stereocenters. The van der Waals surface area contributed by atoms with Crippen molar-refractivity contribution >= 4 is 23.3 Å². The van der Waals surface area contributed by atoms with E-state index in [0.717, 1.165) is 43.3 Å². The Balaban J connectivity index is 1.53. The number of nitrogens with zero attached hydrogens (tertiary/aromatic N) is 4. The van der Waals surface area contributed by atoms with Gasteiger partial charge >= 0.3 is 0 Å². The Morgan fingerprint density at radius 1 is 1.16 bits per heavy atom. The lowest BCUT2D eigenvalue weighted by Crippen LogP contribution is -2.38. The molecule has 0 bridgehead atoms. The maximum atomic E-state index is 12.0. The fourth-order valence-electron chi connectivity index (χ4n) is 3.72. The van der Waals surface area contributed by atoms with Gasteiger partial charge in [-0.2, -0.15) is 9.50 Å². The second-order valence-corrected chi connectivity index (χ2v) is 8.48. The van der Waals surface area contributed by atoms with E-state index >= 15 is 0 Å². The molecule has 1 N–H and O–H groups in total. The van der Waals surface area contributed by atoms with Gasteiger partial charge in [-0.3, -0.25) is 10.1 Å². The van der Waals surface area contributed by atoms with E-state index in [0.29, 0.717) is 11.4 Å². The van der Waals surface area contributed by atoms with Gasteiger partial charge in [0.2, 0.25) is 11.9 Å². The number of anilines is 2. The average molecular weight is 341 g/mol. The number of nitrogens with one attached hydrogen (secondary N) is 1. The van der Waals surface area contributed by atoms with Gasteiger partial charge in [0.25, 0.3) is 0 Å². The summed E-state index contributed by atoms with van der Waals surface area (Å²) >= 11 is 0. The van der Waals surface area contributed by atoms with Crippen LogP contribution in [0, 0.1) is 17.3 Å². The number of aromatic nitrogens is 3. The zero-order valence-corrected chi connectivity index (χ0v) is 15.3. The number of pyridine rings is 1. The van der Waals surface area contributed by atoms with Crippen molar-refractivity contribution in [2.45, 2.75) is 46.5 Å². The lowest BCUT2D eigenvalue weighted by atomic mass is 9.75. The Hall–Kier alpha value is -2.11. The van der Waals surface area contributed by atoms with E-state index in [2.05, 4.69) is 47.1 Å². The van der Waals surface area contributed by atoms with Gasteiger partial charge in [0.05, 0.1) is 0 Å². The lowest BCUT2D eigenvalue weighted by Gasteiger charge is -2.39. The number of carbonyl (C=O) groups excluding carboxylic acids is 1. The quantitative estimate of drug-likeness (QED) is 0.930. The number of hydrogen-bond acceptors (Lipinski definition) is 4. The first-order valence-corrected chi connectivity index (χ1v) is 9.33. The lowest BCUT2D eigenvalue weighted by molar-refractivity contribution is -0.117. The number of amides is 1. The number of fused-ring (bicyclic) bond motifs is 1. The van der Waals surface area contributed by atoms with Crippen molar-refractivity contribution in [2.24, 2.45) is 17.3 Å². The molecule has 6 nitrogen and oxygen atoms in total. The molecule has 2 aromatic rings. The van der Waals surface area contributed by atoms with Crippen LogP contribution < -0.4 is 10.2 Å². The van der Waals surface area contributed by atoms with E-state index in [4.69, 9.17) is 0 Å². The van der Waals surface area contributed by atoms with Crippen LogP contribution in [0.5, 0.6) is 0 Å². The van der Waals surface area contributed by atoms with Crippen LogP contribution in [0.3, 0.4) is 0 Å². The van der Waals surface area contributed by atoms with Crippen LogP contribution in [0.15, 0.2) is 18.2 Å². The van der Waals surface area contributed by atoms with Crippen LogP contribution in [-0.2, 0) is 4.79 Å². The monoisotopic (exact) mass is 341 g/mol. The summed E-state index contributed by atoms with van der Waals surface area (Å²) in [7, 11) is 0. The Kier molecular flexibility index (Phi) is 3.93. The van der Waals surface area contributed by atoms with Crippen LogP contribution >= 0.6 is 0 Å². The van der Waals surface area contributed by atoms with Crippen molar-refractivity contribution in [1.29, 1.82) is 0 Å². The zero-order chi connectivity index (χ0) is 17.6. The maximum Gasteiger partial charge on any atom is 0.249 e. The molecule has 25 heavy (non-hydrogen) atoms. The first-order valence-electron chi connectivity index (χ1n) is 9.33. The van der Waals surface area contributed by atoms with Crippen molar-refractivity contribution in [3.63, 3.8) is 0 Å². The normalized spacial score (nSPS) is 19.4. The molecule has 1 amide bonds. The first kappa shape index (κ1) is 16.4. The molecule has 6 heteroatoms. The van der Waals surface area contributed by atoms with Crippen LogP contribution in [0.1, 0.15) is 46.5 Å². The van der Waals surface area contributed by atoms with Crippen molar-refractivity contribution in [3.05, 3.63) is 18.2 Å². The molecule has 2 fully saturated rings. The minimum absolute atomic E-state index is 0.0449. The smallest absolute Gasteiger partial charge is 0.249 e. The summed E-state index contributed by atoms with van der Waals surface area (Å²) in [4.78, 5) is 18.8. The standard InChI is InChI=1S/C19H27N5O/c1-19(2,3)14-9-11-23(12-10-14)16-6-4-5-15-20-18(22-24(15)16)21-17(25)13-7-8-13/h4-6,13-14H,7-12H2,1-3H3,(H,21,22,25). The molecule has 0 spiro atoms. The summed E-state index contributed by atoms with van der Waals surface area (Å²) in [5, 5.41) is 7.39. The second kappa shape index (κ2) is 6.00. The number of rotatable bonds is 3. The average Bonchev–Trinajstić information content (AvgIpc) is 3.34. The van der Waals surface area contributed by atoms with Gasteiger partial charge in [-0.25, -0.2) is 0 Å². The molecule has 1 aliphatic heterocycles. The summed E-state index contributed by atoms with van der Waals surface area (Å²) in [5.41, 5.74) is 1.15. The predicted molar refractivity (Wildman–Crippen MR) is 98.7 cm³/mol. The van der Waals surface area contributed by atoms with Gasteiger partial charge in [-0.1, -0.05) is 26.8 Å². The number of hydrogen-bond donors (Lipinski definition) is 1. The van der Waals surface area contributed by atoms with Crippen LogP contribution in [0.2, 0.25) is 0 Å². The van der Waals surface area contributed by atoms with Crippen LogP contribution in [-0.4, -0.2) is 33.6 Å². The topological polar surface area (TPSA) is 62.5 Å². The highest BCUT2D eigenvalue weighted by Gasteiger charge is 2.31. The predicted octanol–water partition coefficient (Wildman–Crippen LogP) is 3.34. The summed E-state index contributed by atoms with van der Waals surface area (Å²) in [6, 6.07) is 6.04. The highest BCUT2D eigenvalue weighted by Crippen LogP contribution is 2.35. The van der Waals surface area contributed by atoms with Crippen molar-refractivity contribution in [2.75, 3.05) is 23.3 Å². The highest BCUT2D eigenvalue weighted by molar-refractivity contribution is 5.92. The van der Waals surface area contributed by atoms with Crippen molar-refractivity contribution in [3.8, 4) is 0 Å². The summed E-state index contributed by atoms with van der Waals surface area (Å²) in [6.45, 7) is 9.07. The van der Waals surface area contributed by atoms with E-state index < -0.39 is 0 Å². The SMILES string of the molecule is CC(C)(C)C1CCN(c2cccc3nc(NC(=O)C4CC4)nn23)CC1. The largest absolute Gasteiger partial charge is 0.356 e. The number of piperidine rings is 1. The van der Waals surface area contributed by atoms with E-state index in [1.807, 2.05) is 16.6 Å². The summed E-state index contributed by atoms with van der Waals surface area (Å²) < 4.78 is 1.86. The molecule has 0 unspecified atom stereocenters. The van der Waals surface area contributed by atoms with Gasteiger partial charge in [0.15, 0.2) is 5.65 Å². The molecule has 134 valence electrons. The molecule has 1 saturated carbocycles. The molecule has 0 aromatic carbocycles. The number of carbonyl (C=O) groups is 1. The van der Waals surface area contributed by atoms with E-state index in [1.54, 1.807) is 0 Å². The van der Waals surface area contributed by atoms with Gasteiger partial charge in [0, 0.05) is 19.0 Å². The molecular weight excluding hydrogens is 314 g/mol. The minimum atomic E-state index is 0.0449. The summed E-state index contributed by atoms with van der Waals surface area (Å²) in [6.07, 6.45) is 4.35. The molecule has 2 aliphatic rings. The third kappa shape index (κ3) is 3.34. The molecule has 3 heterocycles. The Bertz CT molecular complexity index is 779. The van der Waals surface area contributed by atoms with Gasteiger partial charge in [0.1, 0.15) is 5.82 Å². The molecule has 4 rings (SSSR count). The molecule has 1 aliphatic carbocycles. The van der Waals surface area contributed by atoms with Gasteiger partial charge in [-0.05, 0) is 49.1 Å². The Morgan fingerprint density at radius 2 is 1.88 bits per heavy atom.